The van der Waals surface area contributed by atoms with Crippen LogP contribution in [0.2, 0.25) is 0 Å². The third-order valence-corrected chi connectivity index (χ3v) is 5.81. The van der Waals surface area contributed by atoms with Crippen molar-refractivity contribution in [3.8, 4) is 0 Å². The van der Waals surface area contributed by atoms with Crippen LogP contribution >= 0.6 is 11.3 Å². The molecule has 0 unspecified atom stereocenters. The Morgan fingerprint density at radius 3 is 2.33 bits per heavy atom. The van der Waals surface area contributed by atoms with Crippen molar-refractivity contribution in [2.75, 3.05) is 0 Å². The fraction of sp³-hybridized carbons (Fsp3) is 0.0588. The maximum absolute atomic E-state index is 13.9. The van der Waals surface area contributed by atoms with Gasteiger partial charge in [-0.3, -0.25) is 0 Å². The van der Waals surface area contributed by atoms with E-state index in [0.29, 0.717) is 6.07 Å². The third-order valence-electron chi connectivity index (χ3n) is 3.42. The molecule has 24 heavy (non-hydrogen) atoms. The quantitative estimate of drug-likeness (QED) is 0.740. The molecule has 3 aromatic rings. The van der Waals surface area contributed by atoms with Crippen molar-refractivity contribution in [1.82, 2.24) is 4.72 Å². The van der Waals surface area contributed by atoms with E-state index in [9.17, 15) is 17.2 Å². The van der Waals surface area contributed by atoms with Gasteiger partial charge in [0.15, 0.2) is 0 Å². The number of hydrogen-bond donors (Lipinski definition) is 1. The first-order chi connectivity index (χ1) is 11.5. The average molecular weight is 365 g/mol. The highest BCUT2D eigenvalue weighted by atomic mass is 32.2. The molecule has 2 aromatic carbocycles. The summed E-state index contributed by atoms with van der Waals surface area (Å²) >= 11 is 1.39. The minimum Gasteiger partial charge on any atom is -0.207 e. The fourth-order valence-corrected chi connectivity index (χ4v) is 4.44. The Balaban J connectivity index is 2.01. The van der Waals surface area contributed by atoms with E-state index in [2.05, 4.69) is 4.72 Å². The Hall–Kier alpha value is -2.09. The molecule has 0 aliphatic rings. The van der Waals surface area contributed by atoms with Crippen LogP contribution in [0.4, 0.5) is 8.78 Å². The molecule has 124 valence electrons. The largest absolute Gasteiger partial charge is 0.244 e. The molecular formula is C17H13F2NO2S2. The normalized spacial score (nSPS) is 12.9. The van der Waals surface area contributed by atoms with Crippen LogP contribution in [0, 0.1) is 11.6 Å². The van der Waals surface area contributed by atoms with Crippen molar-refractivity contribution >= 4 is 21.4 Å². The first-order valence-corrected chi connectivity index (χ1v) is 9.39. The summed E-state index contributed by atoms with van der Waals surface area (Å²) in [5.74, 6) is -1.95. The van der Waals surface area contributed by atoms with Crippen LogP contribution in [0.15, 0.2) is 70.9 Å². The van der Waals surface area contributed by atoms with E-state index in [4.69, 9.17) is 0 Å². The topological polar surface area (TPSA) is 46.2 Å². The van der Waals surface area contributed by atoms with Gasteiger partial charge in [0.25, 0.3) is 0 Å². The molecular weight excluding hydrogens is 352 g/mol. The summed E-state index contributed by atoms with van der Waals surface area (Å²) in [7, 11) is -4.17. The second kappa shape index (κ2) is 6.80. The summed E-state index contributed by atoms with van der Waals surface area (Å²) in [6, 6.07) is 14.3. The zero-order chi connectivity index (χ0) is 17.2. The standard InChI is InChI=1S/C17H13F2NO2S2/c18-13-8-9-16(14(19)11-13)24(21,22)20-17(15-7-4-10-23-15)12-5-2-1-3-6-12/h1-11,17,20H/t17-/m1/s1. The van der Waals surface area contributed by atoms with Crippen molar-refractivity contribution in [2.24, 2.45) is 0 Å². The van der Waals surface area contributed by atoms with E-state index < -0.39 is 32.6 Å². The highest BCUT2D eigenvalue weighted by Crippen LogP contribution is 2.28. The fourth-order valence-electron chi connectivity index (χ4n) is 2.30. The summed E-state index contributed by atoms with van der Waals surface area (Å²) in [5, 5.41) is 1.83. The molecule has 0 saturated carbocycles. The summed E-state index contributed by atoms with van der Waals surface area (Å²) in [4.78, 5) is 0.189. The maximum atomic E-state index is 13.9. The number of rotatable bonds is 5. The zero-order valence-corrected chi connectivity index (χ0v) is 14.0. The van der Waals surface area contributed by atoms with E-state index in [1.54, 1.807) is 30.3 Å². The van der Waals surface area contributed by atoms with Gasteiger partial charge in [0.2, 0.25) is 10.0 Å². The molecule has 0 fully saturated rings. The molecule has 3 nitrogen and oxygen atoms in total. The lowest BCUT2D eigenvalue weighted by Gasteiger charge is -2.18. The number of benzene rings is 2. The molecule has 0 aliphatic heterocycles. The Labute approximate surface area is 142 Å². The smallest absolute Gasteiger partial charge is 0.207 e. The number of nitrogens with one attached hydrogen (secondary N) is 1. The van der Waals surface area contributed by atoms with Crippen LogP contribution < -0.4 is 4.72 Å². The van der Waals surface area contributed by atoms with Crippen molar-refractivity contribution < 1.29 is 17.2 Å². The molecule has 0 amide bonds. The third kappa shape index (κ3) is 3.53. The molecule has 3 rings (SSSR count). The number of sulfonamides is 1. The van der Waals surface area contributed by atoms with E-state index in [-0.39, 0.29) is 0 Å². The zero-order valence-electron chi connectivity index (χ0n) is 12.3. The Morgan fingerprint density at radius 1 is 0.958 bits per heavy atom. The van der Waals surface area contributed by atoms with Gasteiger partial charge in [-0.2, -0.15) is 4.72 Å². The van der Waals surface area contributed by atoms with E-state index in [0.717, 1.165) is 22.6 Å². The van der Waals surface area contributed by atoms with Crippen LogP contribution in [0.25, 0.3) is 0 Å². The lowest BCUT2D eigenvalue weighted by atomic mass is 10.1. The molecule has 7 heteroatoms. The predicted octanol–water partition coefficient (Wildman–Crippen LogP) is 4.09. The Bertz CT molecular complexity index is 926. The minimum atomic E-state index is -4.17. The molecule has 0 radical (unpaired) electrons. The Kier molecular flexibility index (Phi) is 4.75. The highest BCUT2D eigenvalue weighted by molar-refractivity contribution is 7.89. The van der Waals surface area contributed by atoms with Gasteiger partial charge in [-0.1, -0.05) is 36.4 Å². The molecule has 0 spiro atoms. The molecule has 1 N–H and O–H groups in total. The molecule has 0 bridgehead atoms. The van der Waals surface area contributed by atoms with Gasteiger partial charge in [-0.05, 0) is 29.1 Å². The van der Waals surface area contributed by atoms with Gasteiger partial charge < -0.3 is 0 Å². The van der Waals surface area contributed by atoms with Crippen LogP contribution in [0.3, 0.4) is 0 Å². The van der Waals surface area contributed by atoms with Crippen molar-refractivity contribution in [3.05, 3.63) is 88.1 Å². The van der Waals surface area contributed by atoms with Gasteiger partial charge in [0.05, 0.1) is 6.04 Å². The molecule has 1 heterocycles. The summed E-state index contributed by atoms with van der Waals surface area (Å²) in [5.41, 5.74) is 0.728. The number of thiophene rings is 1. The first kappa shape index (κ1) is 16.8. The van der Waals surface area contributed by atoms with Crippen LogP contribution in [-0.4, -0.2) is 8.42 Å². The highest BCUT2D eigenvalue weighted by Gasteiger charge is 2.26. The SMILES string of the molecule is O=S(=O)(N[C@H](c1ccccc1)c1cccs1)c1ccc(F)cc1F. The van der Waals surface area contributed by atoms with Crippen LogP contribution in [-0.2, 0) is 10.0 Å². The summed E-state index contributed by atoms with van der Waals surface area (Å²) in [6.45, 7) is 0. The van der Waals surface area contributed by atoms with Crippen molar-refractivity contribution in [3.63, 3.8) is 0 Å². The second-order valence-corrected chi connectivity index (χ2v) is 7.72. The lowest BCUT2D eigenvalue weighted by molar-refractivity contribution is 0.539. The maximum Gasteiger partial charge on any atom is 0.244 e. The summed E-state index contributed by atoms with van der Waals surface area (Å²) < 4.78 is 54.6. The first-order valence-electron chi connectivity index (χ1n) is 7.03. The van der Waals surface area contributed by atoms with Gasteiger partial charge in [0, 0.05) is 10.9 Å². The molecule has 0 aliphatic carbocycles. The monoisotopic (exact) mass is 365 g/mol. The van der Waals surface area contributed by atoms with Gasteiger partial charge in [-0.15, -0.1) is 11.3 Å². The van der Waals surface area contributed by atoms with Gasteiger partial charge >= 0.3 is 0 Å². The van der Waals surface area contributed by atoms with Crippen molar-refractivity contribution in [1.29, 1.82) is 0 Å². The summed E-state index contributed by atoms with van der Waals surface area (Å²) in [6.07, 6.45) is 0. The van der Waals surface area contributed by atoms with Gasteiger partial charge in [0.1, 0.15) is 16.5 Å². The average Bonchev–Trinajstić information content (AvgIpc) is 3.07. The predicted molar refractivity (Wildman–Crippen MR) is 89.3 cm³/mol. The second-order valence-electron chi connectivity index (χ2n) is 5.06. The Morgan fingerprint density at radius 2 is 1.71 bits per heavy atom. The van der Waals surface area contributed by atoms with Crippen LogP contribution in [0.1, 0.15) is 16.5 Å². The van der Waals surface area contributed by atoms with E-state index >= 15 is 0 Å². The molecule has 0 saturated heterocycles. The van der Waals surface area contributed by atoms with E-state index in [1.165, 1.54) is 11.3 Å². The van der Waals surface area contributed by atoms with Gasteiger partial charge in [-0.25, -0.2) is 17.2 Å². The van der Waals surface area contributed by atoms with E-state index in [1.807, 2.05) is 17.5 Å². The van der Waals surface area contributed by atoms with Crippen LogP contribution in [0.5, 0.6) is 0 Å². The number of halogens is 2. The molecule has 1 atom stereocenters. The van der Waals surface area contributed by atoms with Crippen molar-refractivity contribution in [2.45, 2.75) is 10.9 Å². The minimum absolute atomic E-state index is 0.553. The molecule has 1 aromatic heterocycles. The number of hydrogen-bond acceptors (Lipinski definition) is 3. The lowest BCUT2D eigenvalue weighted by Crippen LogP contribution is -2.29.